The Morgan fingerprint density at radius 2 is 2.00 bits per heavy atom. The van der Waals surface area contributed by atoms with E-state index in [-0.39, 0.29) is 0 Å². The molecule has 70 valence electrons. The van der Waals surface area contributed by atoms with Crippen LogP contribution in [-0.2, 0) is 12.8 Å². The first kappa shape index (κ1) is 8.76. The summed E-state index contributed by atoms with van der Waals surface area (Å²) in [5.74, 6) is 0.980. The lowest BCUT2D eigenvalue weighted by Crippen LogP contribution is -2.02. The van der Waals surface area contributed by atoms with Gasteiger partial charge in [-0.3, -0.25) is 0 Å². The summed E-state index contributed by atoms with van der Waals surface area (Å²) in [6, 6.07) is 8.87. The zero-order valence-corrected chi connectivity index (χ0v) is 8.00. The van der Waals surface area contributed by atoms with Crippen LogP contribution in [-0.4, -0.2) is 6.54 Å². The lowest BCUT2D eigenvalue weighted by Gasteiger charge is -2.02. The van der Waals surface area contributed by atoms with Crippen LogP contribution in [0.25, 0.3) is 0 Å². The van der Waals surface area contributed by atoms with Crippen molar-refractivity contribution in [2.24, 2.45) is 11.7 Å². The second kappa shape index (κ2) is 3.93. The molecule has 0 bridgehead atoms. The molecule has 1 heteroatoms. The average Bonchev–Trinajstić information content (AvgIpc) is 2.90. The molecular weight excluding hydrogens is 158 g/mol. The van der Waals surface area contributed by atoms with Crippen molar-refractivity contribution in [1.29, 1.82) is 0 Å². The average molecular weight is 175 g/mol. The van der Waals surface area contributed by atoms with Crippen LogP contribution in [0.1, 0.15) is 24.0 Å². The molecule has 0 radical (unpaired) electrons. The van der Waals surface area contributed by atoms with Crippen LogP contribution in [0, 0.1) is 5.92 Å². The summed E-state index contributed by atoms with van der Waals surface area (Å²) in [6.07, 6.45) is 5.15. The van der Waals surface area contributed by atoms with Crippen molar-refractivity contribution in [3.05, 3.63) is 35.4 Å². The third-order valence-corrected chi connectivity index (χ3v) is 2.65. The summed E-state index contributed by atoms with van der Waals surface area (Å²) in [4.78, 5) is 0. The van der Waals surface area contributed by atoms with Crippen molar-refractivity contribution in [2.75, 3.05) is 6.54 Å². The van der Waals surface area contributed by atoms with Gasteiger partial charge in [0.05, 0.1) is 0 Å². The largest absolute Gasteiger partial charge is 0.330 e. The SMILES string of the molecule is NCCc1cccc(CC2CC2)c1. The Kier molecular flexibility index (Phi) is 2.65. The molecule has 0 heterocycles. The molecule has 2 rings (SSSR count). The first-order valence-corrected chi connectivity index (χ1v) is 5.16. The molecule has 1 aliphatic rings. The number of benzene rings is 1. The maximum Gasteiger partial charge on any atom is -0.00367 e. The number of hydrogen-bond donors (Lipinski definition) is 1. The van der Waals surface area contributed by atoms with Gasteiger partial charge in [0.15, 0.2) is 0 Å². The molecule has 0 spiro atoms. The normalized spacial score (nSPS) is 16.1. The minimum absolute atomic E-state index is 0.757. The Labute approximate surface area is 80.0 Å². The van der Waals surface area contributed by atoms with Crippen molar-refractivity contribution in [1.82, 2.24) is 0 Å². The molecule has 2 N–H and O–H groups in total. The van der Waals surface area contributed by atoms with Crippen LogP contribution in [0.5, 0.6) is 0 Å². The van der Waals surface area contributed by atoms with Crippen LogP contribution < -0.4 is 5.73 Å². The number of hydrogen-bond acceptors (Lipinski definition) is 1. The van der Waals surface area contributed by atoms with Crippen molar-refractivity contribution in [3.8, 4) is 0 Å². The topological polar surface area (TPSA) is 26.0 Å². The van der Waals surface area contributed by atoms with E-state index in [1.54, 1.807) is 0 Å². The molecule has 0 atom stereocenters. The molecule has 0 aliphatic heterocycles. The van der Waals surface area contributed by atoms with Crippen LogP contribution in [0.4, 0.5) is 0 Å². The van der Waals surface area contributed by atoms with Crippen molar-refractivity contribution >= 4 is 0 Å². The molecule has 1 saturated carbocycles. The smallest absolute Gasteiger partial charge is 0.00367 e. The summed E-state index contributed by atoms with van der Waals surface area (Å²) in [7, 11) is 0. The maximum atomic E-state index is 5.52. The van der Waals surface area contributed by atoms with Gasteiger partial charge < -0.3 is 5.73 Å². The van der Waals surface area contributed by atoms with Gasteiger partial charge in [-0.25, -0.2) is 0 Å². The van der Waals surface area contributed by atoms with Crippen LogP contribution >= 0.6 is 0 Å². The van der Waals surface area contributed by atoms with Crippen LogP contribution in [0.15, 0.2) is 24.3 Å². The van der Waals surface area contributed by atoms with Gasteiger partial charge in [-0.05, 0) is 49.3 Å². The molecule has 1 aromatic carbocycles. The van der Waals surface area contributed by atoms with Gasteiger partial charge in [-0.1, -0.05) is 24.3 Å². The summed E-state index contributed by atoms with van der Waals surface area (Å²) in [6.45, 7) is 0.757. The fourth-order valence-corrected chi connectivity index (χ4v) is 1.73. The highest BCUT2D eigenvalue weighted by molar-refractivity contribution is 5.24. The Hall–Kier alpha value is -0.820. The van der Waals surface area contributed by atoms with E-state index < -0.39 is 0 Å². The highest BCUT2D eigenvalue weighted by Gasteiger charge is 2.21. The van der Waals surface area contributed by atoms with Gasteiger partial charge in [0.1, 0.15) is 0 Å². The third-order valence-electron chi connectivity index (χ3n) is 2.65. The Bertz CT molecular complexity index is 276. The van der Waals surface area contributed by atoms with Crippen molar-refractivity contribution in [2.45, 2.75) is 25.7 Å². The number of nitrogens with two attached hydrogens (primary N) is 1. The highest BCUT2D eigenvalue weighted by atomic mass is 14.5. The zero-order valence-electron chi connectivity index (χ0n) is 8.00. The van der Waals surface area contributed by atoms with Gasteiger partial charge in [0.2, 0.25) is 0 Å². The predicted molar refractivity (Wildman–Crippen MR) is 55.6 cm³/mol. The van der Waals surface area contributed by atoms with E-state index in [9.17, 15) is 0 Å². The molecule has 1 fully saturated rings. The second-order valence-corrected chi connectivity index (χ2v) is 4.01. The maximum absolute atomic E-state index is 5.52. The Balaban J connectivity index is 2.02. The van der Waals surface area contributed by atoms with Gasteiger partial charge in [0, 0.05) is 0 Å². The van der Waals surface area contributed by atoms with E-state index in [2.05, 4.69) is 24.3 Å². The minimum atomic E-state index is 0.757. The predicted octanol–water partition coefficient (Wildman–Crippen LogP) is 2.14. The minimum Gasteiger partial charge on any atom is -0.330 e. The van der Waals surface area contributed by atoms with Crippen molar-refractivity contribution in [3.63, 3.8) is 0 Å². The van der Waals surface area contributed by atoms with Gasteiger partial charge >= 0.3 is 0 Å². The molecule has 0 unspecified atom stereocenters. The van der Waals surface area contributed by atoms with E-state index in [4.69, 9.17) is 5.73 Å². The molecule has 0 amide bonds. The first-order valence-electron chi connectivity index (χ1n) is 5.16. The van der Waals surface area contributed by atoms with Crippen molar-refractivity contribution < 1.29 is 0 Å². The summed E-state index contributed by atoms with van der Waals surface area (Å²) in [5.41, 5.74) is 8.41. The molecule has 13 heavy (non-hydrogen) atoms. The number of rotatable bonds is 4. The molecule has 0 saturated heterocycles. The third kappa shape index (κ3) is 2.56. The van der Waals surface area contributed by atoms with E-state index >= 15 is 0 Å². The van der Waals surface area contributed by atoms with E-state index in [0.29, 0.717) is 0 Å². The first-order chi connectivity index (χ1) is 6.38. The molecular formula is C12H17N. The Morgan fingerprint density at radius 1 is 1.23 bits per heavy atom. The highest BCUT2D eigenvalue weighted by Crippen LogP contribution is 2.32. The second-order valence-electron chi connectivity index (χ2n) is 4.01. The van der Waals surface area contributed by atoms with Gasteiger partial charge in [0.25, 0.3) is 0 Å². The van der Waals surface area contributed by atoms with E-state index in [1.807, 2.05) is 0 Å². The van der Waals surface area contributed by atoms with E-state index in [0.717, 1.165) is 18.9 Å². The molecule has 0 aromatic heterocycles. The Morgan fingerprint density at radius 3 is 2.69 bits per heavy atom. The van der Waals surface area contributed by atoms with Gasteiger partial charge in [-0.2, -0.15) is 0 Å². The zero-order chi connectivity index (χ0) is 9.10. The quantitative estimate of drug-likeness (QED) is 0.745. The van der Waals surface area contributed by atoms with E-state index in [1.165, 1.54) is 30.4 Å². The molecule has 1 nitrogen and oxygen atoms in total. The molecule has 1 aromatic rings. The fourth-order valence-electron chi connectivity index (χ4n) is 1.73. The standard InChI is InChI=1S/C12H17N/c13-7-6-10-2-1-3-12(8-10)9-11-4-5-11/h1-3,8,11H,4-7,9,13H2. The molecule has 1 aliphatic carbocycles. The monoisotopic (exact) mass is 175 g/mol. The van der Waals surface area contributed by atoms with Crippen LogP contribution in [0.3, 0.4) is 0 Å². The van der Waals surface area contributed by atoms with Crippen LogP contribution in [0.2, 0.25) is 0 Å². The lowest BCUT2D eigenvalue weighted by atomic mass is 10.0. The summed E-state index contributed by atoms with van der Waals surface area (Å²) >= 11 is 0. The lowest BCUT2D eigenvalue weighted by molar-refractivity contribution is 0.829. The summed E-state index contributed by atoms with van der Waals surface area (Å²) < 4.78 is 0. The van der Waals surface area contributed by atoms with Gasteiger partial charge in [-0.15, -0.1) is 0 Å². The summed E-state index contributed by atoms with van der Waals surface area (Å²) in [5, 5.41) is 0. The fraction of sp³-hybridized carbons (Fsp3) is 0.500.